The van der Waals surface area contributed by atoms with Crippen LogP contribution in [0, 0.1) is 11.7 Å². The Labute approximate surface area is 147 Å². The molecule has 1 amide bonds. The van der Waals surface area contributed by atoms with E-state index in [1.54, 1.807) is 6.07 Å². The SMILES string of the molecule is O=C(N[C@H]1CCCN(Cc2ccc(F)cc2Cl)C1)C1CCNCC1. The molecular weight excluding hydrogens is 329 g/mol. The molecule has 6 heteroatoms. The van der Waals surface area contributed by atoms with Gasteiger partial charge in [0.2, 0.25) is 5.91 Å². The summed E-state index contributed by atoms with van der Waals surface area (Å²) in [6.07, 6.45) is 3.92. The summed E-state index contributed by atoms with van der Waals surface area (Å²) in [5.41, 5.74) is 0.934. The number of carbonyl (C=O) groups excluding carboxylic acids is 1. The van der Waals surface area contributed by atoms with Crippen LogP contribution in [0.15, 0.2) is 18.2 Å². The van der Waals surface area contributed by atoms with Crippen molar-refractivity contribution in [3.63, 3.8) is 0 Å². The van der Waals surface area contributed by atoms with Gasteiger partial charge in [0.25, 0.3) is 0 Å². The van der Waals surface area contributed by atoms with Gasteiger partial charge in [0, 0.05) is 30.1 Å². The van der Waals surface area contributed by atoms with Gasteiger partial charge in [-0.05, 0) is 63.0 Å². The number of benzene rings is 1. The summed E-state index contributed by atoms with van der Waals surface area (Å²) < 4.78 is 13.2. The Hall–Kier alpha value is -1.17. The third kappa shape index (κ3) is 4.68. The van der Waals surface area contributed by atoms with Crippen molar-refractivity contribution in [3.8, 4) is 0 Å². The van der Waals surface area contributed by atoms with Gasteiger partial charge in [-0.1, -0.05) is 17.7 Å². The maximum absolute atomic E-state index is 13.2. The quantitative estimate of drug-likeness (QED) is 0.874. The highest BCUT2D eigenvalue weighted by Crippen LogP contribution is 2.21. The van der Waals surface area contributed by atoms with E-state index in [-0.39, 0.29) is 23.7 Å². The summed E-state index contributed by atoms with van der Waals surface area (Å²) in [5.74, 6) is 0.0332. The largest absolute Gasteiger partial charge is 0.352 e. The Morgan fingerprint density at radius 2 is 2.12 bits per heavy atom. The first-order chi connectivity index (χ1) is 11.6. The van der Waals surface area contributed by atoms with E-state index in [4.69, 9.17) is 11.6 Å². The molecule has 1 atom stereocenters. The van der Waals surface area contributed by atoms with Crippen molar-refractivity contribution in [1.82, 2.24) is 15.5 Å². The lowest BCUT2D eigenvalue weighted by molar-refractivity contribution is -0.126. The van der Waals surface area contributed by atoms with Crippen LogP contribution in [0.3, 0.4) is 0 Å². The maximum atomic E-state index is 13.2. The highest BCUT2D eigenvalue weighted by Gasteiger charge is 2.26. The molecule has 2 aliphatic rings. The van der Waals surface area contributed by atoms with Crippen molar-refractivity contribution in [2.75, 3.05) is 26.2 Å². The minimum absolute atomic E-state index is 0.146. The number of nitrogens with one attached hydrogen (secondary N) is 2. The Bertz CT molecular complexity index is 577. The molecule has 2 fully saturated rings. The van der Waals surface area contributed by atoms with E-state index in [0.29, 0.717) is 11.6 Å². The number of amides is 1. The van der Waals surface area contributed by atoms with E-state index >= 15 is 0 Å². The minimum atomic E-state index is -0.311. The molecule has 4 nitrogen and oxygen atoms in total. The first-order valence-corrected chi connectivity index (χ1v) is 9.17. The number of carbonyl (C=O) groups is 1. The standard InChI is InChI=1S/C18H25ClFN3O/c19-17-10-15(20)4-3-14(17)11-23-9-1-2-16(12-23)22-18(24)13-5-7-21-8-6-13/h3-4,10,13,16,21H,1-2,5-9,11-12H2,(H,22,24)/t16-/m0/s1. The smallest absolute Gasteiger partial charge is 0.223 e. The molecule has 3 rings (SSSR count). The van der Waals surface area contributed by atoms with Gasteiger partial charge in [0.15, 0.2) is 0 Å². The second-order valence-corrected chi connectivity index (χ2v) is 7.25. The van der Waals surface area contributed by atoms with Gasteiger partial charge in [-0.2, -0.15) is 0 Å². The molecule has 0 unspecified atom stereocenters. The molecule has 24 heavy (non-hydrogen) atoms. The highest BCUT2D eigenvalue weighted by atomic mass is 35.5. The molecule has 132 valence electrons. The molecule has 2 N–H and O–H groups in total. The van der Waals surface area contributed by atoms with Crippen LogP contribution in [0.1, 0.15) is 31.2 Å². The molecule has 0 aliphatic carbocycles. The van der Waals surface area contributed by atoms with Gasteiger partial charge in [-0.25, -0.2) is 4.39 Å². The van der Waals surface area contributed by atoms with Crippen molar-refractivity contribution >= 4 is 17.5 Å². The fraction of sp³-hybridized carbons (Fsp3) is 0.611. The van der Waals surface area contributed by atoms with Gasteiger partial charge in [-0.3, -0.25) is 9.69 Å². The van der Waals surface area contributed by atoms with Gasteiger partial charge >= 0.3 is 0 Å². The zero-order valence-electron chi connectivity index (χ0n) is 13.9. The zero-order chi connectivity index (χ0) is 16.9. The second-order valence-electron chi connectivity index (χ2n) is 6.84. The first kappa shape index (κ1) is 17.6. The third-order valence-corrected chi connectivity index (χ3v) is 5.32. The van der Waals surface area contributed by atoms with Crippen molar-refractivity contribution < 1.29 is 9.18 Å². The number of rotatable bonds is 4. The normalized spacial score (nSPS) is 23.2. The monoisotopic (exact) mass is 353 g/mol. The summed E-state index contributed by atoms with van der Waals surface area (Å²) in [7, 11) is 0. The molecule has 0 spiro atoms. The van der Waals surface area contributed by atoms with Crippen LogP contribution in [-0.4, -0.2) is 43.0 Å². The van der Waals surface area contributed by atoms with Gasteiger partial charge in [-0.15, -0.1) is 0 Å². The molecule has 1 aromatic carbocycles. The van der Waals surface area contributed by atoms with E-state index in [1.165, 1.54) is 12.1 Å². The van der Waals surface area contributed by atoms with Gasteiger partial charge in [0.1, 0.15) is 5.82 Å². The molecule has 2 aliphatic heterocycles. The van der Waals surface area contributed by atoms with Crippen molar-refractivity contribution in [2.24, 2.45) is 5.92 Å². The van der Waals surface area contributed by atoms with Crippen LogP contribution in [0.25, 0.3) is 0 Å². The first-order valence-electron chi connectivity index (χ1n) is 8.79. The van der Waals surface area contributed by atoms with E-state index in [9.17, 15) is 9.18 Å². The summed E-state index contributed by atoms with van der Waals surface area (Å²) in [6, 6.07) is 4.74. The third-order valence-electron chi connectivity index (χ3n) is 4.97. The van der Waals surface area contributed by atoms with Crippen molar-refractivity contribution in [2.45, 2.75) is 38.3 Å². The maximum Gasteiger partial charge on any atom is 0.223 e. The van der Waals surface area contributed by atoms with E-state index in [2.05, 4.69) is 15.5 Å². The van der Waals surface area contributed by atoms with E-state index in [1.807, 2.05) is 0 Å². The van der Waals surface area contributed by atoms with Crippen LogP contribution in [0.4, 0.5) is 4.39 Å². The lowest BCUT2D eigenvalue weighted by atomic mass is 9.96. The van der Waals surface area contributed by atoms with Gasteiger partial charge < -0.3 is 10.6 Å². The number of likely N-dealkylation sites (tertiary alicyclic amines) is 1. The molecule has 0 radical (unpaired) electrons. The minimum Gasteiger partial charge on any atom is -0.352 e. The predicted molar refractivity (Wildman–Crippen MR) is 93.4 cm³/mol. The fourth-order valence-electron chi connectivity index (χ4n) is 3.61. The molecular formula is C18H25ClFN3O. The number of piperidine rings is 2. The van der Waals surface area contributed by atoms with Crippen molar-refractivity contribution in [3.05, 3.63) is 34.6 Å². The highest BCUT2D eigenvalue weighted by molar-refractivity contribution is 6.31. The van der Waals surface area contributed by atoms with E-state index < -0.39 is 0 Å². The lowest BCUT2D eigenvalue weighted by Crippen LogP contribution is -2.50. The average molecular weight is 354 g/mol. The summed E-state index contributed by atoms with van der Waals surface area (Å²) in [6.45, 7) is 4.35. The topological polar surface area (TPSA) is 44.4 Å². The average Bonchev–Trinajstić information content (AvgIpc) is 2.58. The number of hydrogen-bond acceptors (Lipinski definition) is 3. The number of nitrogens with zero attached hydrogens (tertiary/aromatic N) is 1. The Morgan fingerprint density at radius 1 is 1.33 bits per heavy atom. The molecule has 2 saturated heterocycles. The molecule has 0 bridgehead atoms. The van der Waals surface area contributed by atoms with Crippen LogP contribution in [-0.2, 0) is 11.3 Å². The Balaban J connectivity index is 1.53. The molecule has 1 aromatic rings. The zero-order valence-corrected chi connectivity index (χ0v) is 14.6. The summed E-state index contributed by atoms with van der Waals surface area (Å²) in [5, 5.41) is 6.98. The predicted octanol–water partition coefficient (Wildman–Crippen LogP) is 2.56. The Morgan fingerprint density at radius 3 is 2.88 bits per heavy atom. The Kier molecular flexibility index (Phi) is 6.09. The number of hydrogen-bond donors (Lipinski definition) is 2. The molecule has 0 aromatic heterocycles. The number of halogens is 2. The molecule has 2 heterocycles. The van der Waals surface area contributed by atoms with Gasteiger partial charge in [0.05, 0.1) is 0 Å². The summed E-state index contributed by atoms with van der Waals surface area (Å²) >= 11 is 6.13. The van der Waals surface area contributed by atoms with Crippen LogP contribution < -0.4 is 10.6 Å². The van der Waals surface area contributed by atoms with E-state index in [0.717, 1.165) is 57.4 Å². The van der Waals surface area contributed by atoms with Crippen LogP contribution >= 0.6 is 11.6 Å². The van der Waals surface area contributed by atoms with Crippen molar-refractivity contribution in [1.29, 1.82) is 0 Å². The summed E-state index contributed by atoms with van der Waals surface area (Å²) in [4.78, 5) is 14.7. The fourth-order valence-corrected chi connectivity index (χ4v) is 3.84. The second kappa shape index (κ2) is 8.28. The lowest BCUT2D eigenvalue weighted by Gasteiger charge is -2.34. The molecule has 0 saturated carbocycles. The van der Waals surface area contributed by atoms with Crippen LogP contribution in [0.5, 0.6) is 0 Å². The van der Waals surface area contributed by atoms with Crippen LogP contribution in [0.2, 0.25) is 5.02 Å².